The highest BCUT2D eigenvalue weighted by molar-refractivity contribution is 7.99. The lowest BCUT2D eigenvalue weighted by Crippen LogP contribution is -2.13. The van der Waals surface area contributed by atoms with Crippen LogP contribution in [0, 0.1) is 13.8 Å². The van der Waals surface area contributed by atoms with Gasteiger partial charge in [-0.1, -0.05) is 24.6 Å². The van der Waals surface area contributed by atoms with Gasteiger partial charge in [-0.25, -0.2) is 4.98 Å². The van der Waals surface area contributed by atoms with Crippen molar-refractivity contribution in [1.82, 2.24) is 14.8 Å². The Kier molecular flexibility index (Phi) is 6.53. The highest BCUT2D eigenvalue weighted by atomic mass is 35.5. The van der Waals surface area contributed by atoms with Crippen LogP contribution in [0.2, 0.25) is 5.15 Å². The van der Waals surface area contributed by atoms with Crippen molar-refractivity contribution in [3.8, 4) is 11.3 Å². The maximum atomic E-state index is 13.5. The second-order valence-corrected chi connectivity index (χ2v) is 10.6. The lowest BCUT2D eigenvalue weighted by molar-refractivity contribution is 0.605. The molecule has 5 aromatic rings. The molecule has 0 aliphatic carbocycles. The van der Waals surface area contributed by atoms with E-state index in [1.54, 1.807) is 22.5 Å². The van der Waals surface area contributed by atoms with E-state index in [-0.39, 0.29) is 11.5 Å². The number of halogens is 1. The Balaban J connectivity index is 1.65. The van der Waals surface area contributed by atoms with Gasteiger partial charge in [0.2, 0.25) is 0 Å². The fraction of sp³-hybridized carbons (Fsp3) is 0.250. The molecule has 0 spiro atoms. The summed E-state index contributed by atoms with van der Waals surface area (Å²) in [4.78, 5) is 18.0. The fourth-order valence-corrected chi connectivity index (χ4v) is 5.46. The van der Waals surface area contributed by atoms with Crippen molar-refractivity contribution < 1.29 is 4.42 Å². The summed E-state index contributed by atoms with van der Waals surface area (Å²) in [6.07, 6.45) is 1.96. The maximum absolute atomic E-state index is 13.5. The van der Waals surface area contributed by atoms with E-state index in [4.69, 9.17) is 16.0 Å². The number of aromatic nitrogens is 3. The van der Waals surface area contributed by atoms with Crippen molar-refractivity contribution >= 4 is 50.9 Å². The molecule has 1 N–H and O–H groups in total. The molecule has 36 heavy (non-hydrogen) atoms. The van der Waals surface area contributed by atoms with Gasteiger partial charge in [0.25, 0.3) is 0 Å². The smallest absolute Gasteiger partial charge is 0.196 e. The Morgan fingerprint density at radius 3 is 2.75 bits per heavy atom. The van der Waals surface area contributed by atoms with Gasteiger partial charge in [0.05, 0.1) is 22.6 Å². The zero-order chi connectivity index (χ0) is 25.6. The first-order chi connectivity index (χ1) is 17.2. The molecule has 0 saturated heterocycles. The molecule has 0 unspecified atom stereocenters. The van der Waals surface area contributed by atoms with E-state index in [9.17, 15) is 4.79 Å². The second-order valence-electron chi connectivity index (χ2n) is 8.98. The average molecular weight is 519 g/mol. The number of nitrogens with zero attached hydrogens (tertiary/aromatic N) is 3. The zero-order valence-electron chi connectivity index (χ0n) is 20.8. The van der Waals surface area contributed by atoms with Crippen molar-refractivity contribution in [2.45, 2.75) is 38.8 Å². The number of rotatable bonds is 6. The summed E-state index contributed by atoms with van der Waals surface area (Å²) in [7, 11) is 1.89. The van der Waals surface area contributed by atoms with Gasteiger partial charge in [-0.3, -0.25) is 9.48 Å². The molecule has 2 aromatic carbocycles. The molecule has 0 fully saturated rings. The number of pyridine rings is 1. The van der Waals surface area contributed by atoms with Crippen LogP contribution < -0.4 is 10.7 Å². The van der Waals surface area contributed by atoms with Crippen molar-refractivity contribution in [3.63, 3.8) is 0 Å². The third-order valence-electron chi connectivity index (χ3n) is 6.22. The summed E-state index contributed by atoms with van der Waals surface area (Å²) in [6.45, 7) is 7.96. The van der Waals surface area contributed by atoms with Crippen LogP contribution in [0.25, 0.3) is 33.2 Å². The summed E-state index contributed by atoms with van der Waals surface area (Å²) in [5.41, 5.74) is 5.70. The molecule has 0 aliphatic heterocycles. The number of thioether (sulfide) groups is 1. The molecule has 184 valence electrons. The lowest BCUT2D eigenvalue weighted by atomic mass is 9.98. The summed E-state index contributed by atoms with van der Waals surface area (Å²) in [5, 5.41) is 10.9. The molecular weight excluding hydrogens is 492 g/mol. The SMILES string of the molecule is CCSc1nc(Cl)ccc1N[C@H](C)c1cc(C)cc2c(=O)c(C)c(-c3ccc4nn(C)cc4c3)oc12. The molecule has 0 bridgehead atoms. The summed E-state index contributed by atoms with van der Waals surface area (Å²) >= 11 is 7.77. The third-order valence-corrected chi connectivity index (χ3v) is 7.30. The molecule has 3 heterocycles. The van der Waals surface area contributed by atoms with Crippen LogP contribution in [0.5, 0.6) is 0 Å². The molecule has 5 rings (SSSR count). The van der Waals surface area contributed by atoms with E-state index in [0.717, 1.165) is 44.1 Å². The highest BCUT2D eigenvalue weighted by Gasteiger charge is 2.20. The predicted octanol–water partition coefficient (Wildman–Crippen LogP) is 7.30. The number of hydrogen-bond donors (Lipinski definition) is 1. The number of nitrogens with one attached hydrogen (secondary N) is 1. The van der Waals surface area contributed by atoms with Gasteiger partial charge in [-0.15, -0.1) is 11.8 Å². The second kappa shape index (κ2) is 9.64. The molecular formula is C28H27ClN4O2S. The Bertz CT molecular complexity index is 1670. The molecule has 0 radical (unpaired) electrons. The Hall–Kier alpha value is -3.29. The monoisotopic (exact) mass is 518 g/mol. The first kappa shape index (κ1) is 24.4. The maximum Gasteiger partial charge on any atom is 0.196 e. The van der Waals surface area contributed by atoms with E-state index in [0.29, 0.717) is 27.4 Å². The van der Waals surface area contributed by atoms with E-state index in [2.05, 4.69) is 35.3 Å². The molecule has 0 amide bonds. The van der Waals surface area contributed by atoms with Gasteiger partial charge < -0.3 is 9.73 Å². The van der Waals surface area contributed by atoms with Gasteiger partial charge in [0, 0.05) is 35.3 Å². The first-order valence-electron chi connectivity index (χ1n) is 11.8. The third kappa shape index (κ3) is 4.49. The largest absolute Gasteiger partial charge is 0.455 e. The van der Waals surface area contributed by atoms with E-state index in [1.165, 1.54) is 0 Å². The fourth-order valence-electron chi connectivity index (χ4n) is 4.54. The molecule has 0 saturated carbocycles. The first-order valence-corrected chi connectivity index (χ1v) is 13.2. The summed E-state index contributed by atoms with van der Waals surface area (Å²) in [6, 6.07) is 13.5. The van der Waals surface area contributed by atoms with Crippen LogP contribution in [0.3, 0.4) is 0 Å². The molecule has 8 heteroatoms. The van der Waals surface area contributed by atoms with Crippen LogP contribution in [-0.2, 0) is 7.05 Å². The van der Waals surface area contributed by atoms with Gasteiger partial charge in [0.15, 0.2) is 5.43 Å². The summed E-state index contributed by atoms with van der Waals surface area (Å²) in [5.74, 6) is 1.45. The molecule has 3 aromatic heterocycles. The van der Waals surface area contributed by atoms with Gasteiger partial charge in [-0.2, -0.15) is 5.10 Å². The Morgan fingerprint density at radius 2 is 1.97 bits per heavy atom. The minimum atomic E-state index is -0.147. The molecule has 0 aliphatic rings. The minimum absolute atomic E-state index is 0.0231. The number of anilines is 1. The normalized spacial score (nSPS) is 12.4. The van der Waals surface area contributed by atoms with Crippen LogP contribution in [0.1, 0.15) is 36.6 Å². The van der Waals surface area contributed by atoms with Crippen molar-refractivity contribution in [1.29, 1.82) is 0 Å². The topological polar surface area (TPSA) is 73.0 Å². The van der Waals surface area contributed by atoms with E-state index in [1.807, 2.05) is 57.4 Å². The number of benzene rings is 2. The van der Waals surface area contributed by atoms with Crippen LogP contribution >= 0.6 is 23.4 Å². The average Bonchev–Trinajstić information content (AvgIpc) is 3.22. The van der Waals surface area contributed by atoms with E-state index >= 15 is 0 Å². The molecule has 6 nitrogen and oxygen atoms in total. The highest BCUT2D eigenvalue weighted by Crippen LogP contribution is 2.35. The van der Waals surface area contributed by atoms with Crippen LogP contribution in [0.4, 0.5) is 5.69 Å². The van der Waals surface area contributed by atoms with Crippen LogP contribution in [0.15, 0.2) is 62.9 Å². The molecule has 1 atom stereocenters. The summed E-state index contributed by atoms with van der Waals surface area (Å²) < 4.78 is 8.33. The van der Waals surface area contributed by atoms with Gasteiger partial charge in [0.1, 0.15) is 21.5 Å². The number of hydrogen-bond acceptors (Lipinski definition) is 6. The Labute approximate surface area is 218 Å². The predicted molar refractivity (Wildman–Crippen MR) is 149 cm³/mol. The van der Waals surface area contributed by atoms with E-state index < -0.39 is 0 Å². The van der Waals surface area contributed by atoms with Crippen molar-refractivity contribution in [3.05, 3.63) is 80.7 Å². The number of aryl methyl sites for hydroxylation is 2. The van der Waals surface area contributed by atoms with Crippen LogP contribution in [-0.4, -0.2) is 20.5 Å². The number of fused-ring (bicyclic) bond motifs is 2. The minimum Gasteiger partial charge on any atom is -0.455 e. The lowest BCUT2D eigenvalue weighted by Gasteiger charge is -2.20. The zero-order valence-corrected chi connectivity index (χ0v) is 22.4. The quantitative estimate of drug-likeness (QED) is 0.188. The van der Waals surface area contributed by atoms with Crippen molar-refractivity contribution in [2.24, 2.45) is 7.05 Å². The van der Waals surface area contributed by atoms with Gasteiger partial charge in [-0.05, 0) is 68.5 Å². The van der Waals surface area contributed by atoms with Gasteiger partial charge >= 0.3 is 0 Å². The van der Waals surface area contributed by atoms with Crippen molar-refractivity contribution in [2.75, 3.05) is 11.1 Å². The standard InChI is InChI=1S/C28H27ClN4O2S/c1-6-36-28-23(9-10-24(29)31-28)30-17(4)20-11-15(2)12-21-25(34)16(3)26(35-27(20)21)18-7-8-22-19(13-18)14-33(5)32-22/h7-14,17,30H,6H2,1-5H3/t17-/m1/s1. The Morgan fingerprint density at radius 1 is 1.17 bits per heavy atom.